The molecular formula is C12H14ClN5O2S. The van der Waals surface area contributed by atoms with Gasteiger partial charge < -0.3 is 5.73 Å². The molecule has 9 heteroatoms. The van der Waals surface area contributed by atoms with Crippen LogP contribution in [0.3, 0.4) is 0 Å². The highest BCUT2D eigenvalue weighted by molar-refractivity contribution is 7.91. The fourth-order valence-electron chi connectivity index (χ4n) is 2.52. The minimum absolute atomic E-state index is 0.0331. The van der Waals surface area contributed by atoms with E-state index in [1.54, 1.807) is 22.9 Å². The highest BCUT2D eigenvalue weighted by Crippen LogP contribution is 2.28. The normalized spacial score (nSPS) is 20.7. The molecule has 1 unspecified atom stereocenters. The highest BCUT2D eigenvalue weighted by Gasteiger charge is 2.29. The van der Waals surface area contributed by atoms with E-state index in [0.717, 1.165) is 0 Å². The number of halogens is 1. The number of tetrazole rings is 1. The van der Waals surface area contributed by atoms with Gasteiger partial charge in [-0.2, -0.15) is 0 Å². The number of nitrogens with zero attached hydrogens (tertiary/aromatic N) is 4. The van der Waals surface area contributed by atoms with Gasteiger partial charge in [-0.05, 0) is 41.0 Å². The minimum Gasteiger partial charge on any atom is -0.398 e. The van der Waals surface area contributed by atoms with Gasteiger partial charge in [-0.3, -0.25) is 0 Å². The second-order valence-corrected chi connectivity index (χ2v) is 7.85. The third-order valence-electron chi connectivity index (χ3n) is 3.54. The summed E-state index contributed by atoms with van der Waals surface area (Å²) in [4.78, 5) is 0. The van der Waals surface area contributed by atoms with Crippen molar-refractivity contribution in [3.8, 4) is 11.4 Å². The molecule has 0 saturated carbocycles. The van der Waals surface area contributed by atoms with Gasteiger partial charge in [0.15, 0.2) is 15.7 Å². The third-order valence-corrected chi connectivity index (χ3v) is 5.62. The van der Waals surface area contributed by atoms with Gasteiger partial charge in [-0.25, -0.2) is 13.1 Å². The van der Waals surface area contributed by atoms with Crippen LogP contribution in [0.25, 0.3) is 11.4 Å². The Labute approximate surface area is 127 Å². The first-order chi connectivity index (χ1) is 9.94. The summed E-state index contributed by atoms with van der Waals surface area (Å²) in [6.07, 6.45) is 0.637. The monoisotopic (exact) mass is 327 g/mol. The molecule has 2 heterocycles. The number of nitrogen functional groups attached to an aromatic ring is 1. The topological polar surface area (TPSA) is 104 Å². The Kier molecular flexibility index (Phi) is 3.58. The number of benzene rings is 1. The molecule has 0 spiro atoms. The van der Waals surface area contributed by atoms with Crippen LogP contribution in [0.1, 0.15) is 6.42 Å². The highest BCUT2D eigenvalue weighted by atomic mass is 35.5. The van der Waals surface area contributed by atoms with Gasteiger partial charge in [-0.15, -0.1) is 5.10 Å². The van der Waals surface area contributed by atoms with E-state index < -0.39 is 9.84 Å². The van der Waals surface area contributed by atoms with Gasteiger partial charge in [0.1, 0.15) is 0 Å². The van der Waals surface area contributed by atoms with E-state index in [-0.39, 0.29) is 17.4 Å². The van der Waals surface area contributed by atoms with Crippen molar-refractivity contribution in [2.24, 2.45) is 5.92 Å². The summed E-state index contributed by atoms with van der Waals surface area (Å²) < 4.78 is 24.6. The first-order valence-electron chi connectivity index (χ1n) is 6.46. The van der Waals surface area contributed by atoms with Crippen LogP contribution in [0.2, 0.25) is 5.02 Å². The lowest BCUT2D eigenvalue weighted by molar-refractivity contribution is 0.452. The van der Waals surface area contributed by atoms with Gasteiger partial charge >= 0.3 is 0 Å². The van der Waals surface area contributed by atoms with Crippen LogP contribution >= 0.6 is 11.6 Å². The van der Waals surface area contributed by atoms with E-state index in [9.17, 15) is 8.42 Å². The molecule has 1 aromatic carbocycles. The molecule has 21 heavy (non-hydrogen) atoms. The molecule has 1 atom stereocenters. The van der Waals surface area contributed by atoms with Crippen molar-refractivity contribution in [3.05, 3.63) is 23.2 Å². The molecule has 2 aromatic rings. The lowest BCUT2D eigenvalue weighted by Crippen LogP contribution is -2.15. The Bertz CT molecular complexity index is 774. The standard InChI is InChI=1S/C12H14ClN5O2S/c13-9-1-2-10(11(14)5-9)12-15-16-17-18(12)6-8-3-4-21(19,20)7-8/h1-2,5,8H,3-4,6-7,14H2. The molecule has 0 bridgehead atoms. The maximum atomic E-state index is 11.5. The lowest BCUT2D eigenvalue weighted by atomic mass is 10.1. The summed E-state index contributed by atoms with van der Waals surface area (Å²) in [5.74, 6) is 0.972. The number of hydrogen-bond donors (Lipinski definition) is 1. The van der Waals surface area contributed by atoms with Gasteiger partial charge in [0.2, 0.25) is 0 Å². The zero-order valence-corrected chi connectivity index (χ0v) is 12.7. The molecule has 1 saturated heterocycles. The van der Waals surface area contributed by atoms with Crippen LogP contribution in [-0.4, -0.2) is 40.1 Å². The number of aromatic nitrogens is 4. The fourth-order valence-corrected chi connectivity index (χ4v) is 4.55. The maximum absolute atomic E-state index is 11.5. The second kappa shape index (κ2) is 5.27. The van der Waals surface area contributed by atoms with Crippen molar-refractivity contribution in [3.63, 3.8) is 0 Å². The summed E-state index contributed by atoms with van der Waals surface area (Å²) in [6.45, 7) is 0.462. The van der Waals surface area contributed by atoms with Crippen molar-refractivity contribution in [1.29, 1.82) is 0 Å². The van der Waals surface area contributed by atoms with Crippen LogP contribution in [-0.2, 0) is 16.4 Å². The average Bonchev–Trinajstić information content (AvgIpc) is 2.97. The van der Waals surface area contributed by atoms with E-state index >= 15 is 0 Å². The minimum atomic E-state index is -2.91. The number of hydrogen-bond acceptors (Lipinski definition) is 6. The molecule has 3 rings (SSSR count). The number of anilines is 1. The molecule has 0 aliphatic carbocycles. The van der Waals surface area contributed by atoms with Crippen molar-refractivity contribution < 1.29 is 8.42 Å². The largest absolute Gasteiger partial charge is 0.398 e. The zero-order chi connectivity index (χ0) is 15.0. The first kappa shape index (κ1) is 14.3. The lowest BCUT2D eigenvalue weighted by Gasteiger charge is -2.10. The molecule has 1 fully saturated rings. The molecule has 112 valence electrons. The molecule has 1 aliphatic heterocycles. The third kappa shape index (κ3) is 3.01. The van der Waals surface area contributed by atoms with Crippen molar-refractivity contribution in [1.82, 2.24) is 20.2 Å². The molecule has 7 nitrogen and oxygen atoms in total. The predicted octanol–water partition coefficient (Wildman–Crippen LogP) is 1.01. The van der Waals surface area contributed by atoms with E-state index in [2.05, 4.69) is 15.5 Å². The van der Waals surface area contributed by atoms with Gasteiger partial charge in [0.05, 0.1) is 11.5 Å². The summed E-state index contributed by atoms with van der Waals surface area (Å²) >= 11 is 5.88. The summed E-state index contributed by atoms with van der Waals surface area (Å²) in [5, 5.41) is 12.1. The van der Waals surface area contributed by atoms with Crippen LogP contribution in [0, 0.1) is 5.92 Å². The van der Waals surface area contributed by atoms with Crippen LogP contribution < -0.4 is 5.73 Å². The Balaban J connectivity index is 1.87. The molecule has 0 radical (unpaired) electrons. The van der Waals surface area contributed by atoms with Gasteiger partial charge in [-0.1, -0.05) is 11.6 Å². The molecule has 1 aromatic heterocycles. The Morgan fingerprint density at radius 3 is 2.90 bits per heavy atom. The van der Waals surface area contributed by atoms with Crippen LogP contribution in [0.15, 0.2) is 18.2 Å². The molecule has 0 amide bonds. The summed E-state index contributed by atoms with van der Waals surface area (Å²) in [6, 6.07) is 5.10. The Morgan fingerprint density at radius 2 is 2.24 bits per heavy atom. The maximum Gasteiger partial charge on any atom is 0.184 e. The smallest absolute Gasteiger partial charge is 0.184 e. The zero-order valence-electron chi connectivity index (χ0n) is 11.1. The SMILES string of the molecule is Nc1cc(Cl)ccc1-c1nnnn1CC1CCS(=O)(=O)C1. The second-order valence-electron chi connectivity index (χ2n) is 5.19. The first-order valence-corrected chi connectivity index (χ1v) is 8.66. The summed E-state index contributed by atoms with van der Waals surface area (Å²) in [5.41, 5.74) is 7.11. The van der Waals surface area contributed by atoms with Crippen LogP contribution in [0.5, 0.6) is 0 Å². The number of nitrogens with two attached hydrogens (primary N) is 1. The molecule has 1 aliphatic rings. The van der Waals surface area contributed by atoms with Crippen LogP contribution in [0.4, 0.5) is 5.69 Å². The van der Waals surface area contributed by atoms with Crippen molar-refractivity contribution in [2.45, 2.75) is 13.0 Å². The van der Waals surface area contributed by atoms with Crippen molar-refractivity contribution in [2.75, 3.05) is 17.2 Å². The quantitative estimate of drug-likeness (QED) is 0.844. The fraction of sp³-hybridized carbons (Fsp3) is 0.417. The summed E-state index contributed by atoms with van der Waals surface area (Å²) in [7, 11) is -2.91. The van der Waals surface area contributed by atoms with E-state index in [0.29, 0.717) is 35.1 Å². The molecule has 2 N–H and O–H groups in total. The van der Waals surface area contributed by atoms with E-state index in [1.807, 2.05) is 0 Å². The van der Waals surface area contributed by atoms with Gasteiger partial charge in [0.25, 0.3) is 0 Å². The predicted molar refractivity (Wildman–Crippen MR) is 79.4 cm³/mol. The van der Waals surface area contributed by atoms with E-state index in [1.165, 1.54) is 0 Å². The number of rotatable bonds is 3. The number of sulfone groups is 1. The molecular weight excluding hydrogens is 314 g/mol. The average molecular weight is 328 g/mol. The Hall–Kier alpha value is -1.67. The van der Waals surface area contributed by atoms with Gasteiger partial charge in [0, 0.05) is 22.8 Å². The Morgan fingerprint density at radius 1 is 1.43 bits per heavy atom. The van der Waals surface area contributed by atoms with E-state index in [4.69, 9.17) is 17.3 Å². The van der Waals surface area contributed by atoms with Crippen molar-refractivity contribution >= 4 is 27.1 Å².